The first-order chi connectivity index (χ1) is 24.3. The molecule has 49 heavy (non-hydrogen) atoms. The standard InChI is InChI=1S/C47H30N2/c1-4-15-33(16-5-1)44-40-29-27-31-14-10-11-21-37(31)45(40)49-46(48-44)34-25-24-32-26-28-39-38-22-12-13-23-42(38)47(43(39)41(32)30-34,35-17-6-2-7-18-35)36-19-8-3-9-20-36/h1-30H. The Balaban J connectivity index is 1.31. The minimum absolute atomic E-state index is 0.498. The molecule has 228 valence electrons. The van der Waals surface area contributed by atoms with E-state index in [4.69, 9.17) is 9.97 Å². The van der Waals surface area contributed by atoms with E-state index >= 15 is 0 Å². The highest BCUT2D eigenvalue weighted by Crippen LogP contribution is 2.58. The first-order valence-corrected chi connectivity index (χ1v) is 16.8. The SMILES string of the molecule is c1ccc(-c2nc(-c3ccc4ccc5c(c4c3)C(c3ccccc3)(c3ccccc3)c3ccccc3-5)nc3c2ccc2ccccc23)cc1. The smallest absolute Gasteiger partial charge is 0.160 e. The number of hydrogen-bond donors (Lipinski definition) is 0. The summed E-state index contributed by atoms with van der Waals surface area (Å²) in [7, 11) is 0. The van der Waals surface area contributed by atoms with Crippen molar-refractivity contribution in [2.24, 2.45) is 0 Å². The number of fused-ring (bicyclic) bond motifs is 8. The molecular formula is C47H30N2. The van der Waals surface area contributed by atoms with Crippen LogP contribution in [0.25, 0.3) is 66.2 Å². The molecule has 1 heterocycles. The second-order valence-electron chi connectivity index (χ2n) is 12.9. The monoisotopic (exact) mass is 622 g/mol. The third-order valence-corrected chi connectivity index (χ3v) is 10.3. The van der Waals surface area contributed by atoms with Gasteiger partial charge in [0.25, 0.3) is 0 Å². The Labute approximate surface area is 285 Å². The summed E-state index contributed by atoms with van der Waals surface area (Å²) in [4.78, 5) is 10.7. The molecule has 0 atom stereocenters. The van der Waals surface area contributed by atoms with E-state index in [2.05, 4.69) is 182 Å². The predicted molar refractivity (Wildman–Crippen MR) is 203 cm³/mol. The molecule has 0 saturated heterocycles. The Morgan fingerprint density at radius 1 is 0.388 bits per heavy atom. The van der Waals surface area contributed by atoms with Crippen LogP contribution in [-0.2, 0) is 5.41 Å². The third kappa shape index (κ3) is 4.07. The van der Waals surface area contributed by atoms with Crippen molar-refractivity contribution in [3.05, 3.63) is 204 Å². The summed E-state index contributed by atoms with van der Waals surface area (Å²) in [6.45, 7) is 0. The maximum Gasteiger partial charge on any atom is 0.160 e. The molecule has 0 saturated carbocycles. The van der Waals surface area contributed by atoms with Crippen LogP contribution in [0.3, 0.4) is 0 Å². The topological polar surface area (TPSA) is 25.8 Å². The van der Waals surface area contributed by atoms with Crippen LogP contribution in [0, 0.1) is 0 Å². The first-order valence-electron chi connectivity index (χ1n) is 16.8. The van der Waals surface area contributed by atoms with Gasteiger partial charge in [-0.25, -0.2) is 9.97 Å². The van der Waals surface area contributed by atoms with Crippen molar-refractivity contribution < 1.29 is 0 Å². The van der Waals surface area contributed by atoms with Crippen LogP contribution < -0.4 is 0 Å². The van der Waals surface area contributed by atoms with E-state index in [1.807, 2.05) is 0 Å². The Kier molecular flexibility index (Phi) is 6.13. The summed E-state index contributed by atoms with van der Waals surface area (Å²) in [5, 5.41) is 5.76. The van der Waals surface area contributed by atoms with Crippen LogP contribution in [0.1, 0.15) is 22.3 Å². The third-order valence-electron chi connectivity index (χ3n) is 10.3. The highest BCUT2D eigenvalue weighted by molar-refractivity contribution is 6.10. The minimum atomic E-state index is -0.498. The van der Waals surface area contributed by atoms with Crippen LogP contribution >= 0.6 is 0 Å². The van der Waals surface area contributed by atoms with Gasteiger partial charge in [-0.2, -0.15) is 0 Å². The maximum absolute atomic E-state index is 5.34. The quantitative estimate of drug-likeness (QED) is 0.183. The van der Waals surface area contributed by atoms with Gasteiger partial charge >= 0.3 is 0 Å². The molecule has 8 aromatic carbocycles. The lowest BCUT2D eigenvalue weighted by molar-refractivity contribution is 0.775. The molecule has 2 heteroatoms. The highest BCUT2D eigenvalue weighted by atomic mass is 14.9. The van der Waals surface area contributed by atoms with E-state index in [9.17, 15) is 0 Å². The van der Waals surface area contributed by atoms with E-state index in [0.717, 1.165) is 38.9 Å². The fourth-order valence-corrected chi connectivity index (χ4v) is 8.22. The molecule has 1 aliphatic carbocycles. The lowest BCUT2D eigenvalue weighted by atomic mass is 9.66. The number of benzene rings is 8. The van der Waals surface area contributed by atoms with Gasteiger partial charge in [-0.05, 0) is 61.7 Å². The van der Waals surface area contributed by atoms with Crippen molar-refractivity contribution in [2.75, 3.05) is 0 Å². The second-order valence-corrected chi connectivity index (χ2v) is 12.9. The summed E-state index contributed by atoms with van der Waals surface area (Å²) < 4.78 is 0. The first kappa shape index (κ1) is 27.7. The van der Waals surface area contributed by atoms with E-state index in [0.29, 0.717) is 0 Å². The van der Waals surface area contributed by atoms with Gasteiger partial charge in [0.1, 0.15) is 0 Å². The fourth-order valence-electron chi connectivity index (χ4n) is 8.22. The molecule has 2 nitrogen and oxygen atoms in total. The zero-order valence-corrected chi connectivity index (χ0v) is 26.7. The Morgan fingerprint density at radius 2 is 1.00 bits per heavy atom. The number of rotatable bonds is 4. The van der Waals surface area contributed by atoms with Crippen LogP contribution in [0.15, 0.2) is 182 Å². The Bertz CT molecular complexity index is 2660. The minimum Gasteiger partial charge on any atom is -0.227 e. The van der Waals surface area contributed by atoms with Crippen molar-refractivity contribution in [2.45, 2.75) is 5.41 Å². The van der Waals surface area contributed by atoms with E-state index in [1.165, 1.54) is 49.5 Å². The van der Waals surface area contributed by atoms with Crippen LogP contribution in [0.2, 0.25) is 0 Å². The molecule has 1 aliphatic rings. The van der Waals surface area contributed by atoms with E-state index in [-0.39, 0.29) is 0 Å². The second kappa shape index (κ2) is 10.8. The van der Waals surface area contributed by atoms with Crippen LogP contribution in [0.5, 0.6) is 0 Å². The van der Waals surface area contributed by atoms with Crippen molar-refractivity contribution in [1.82, 2.24) is 9.97 Å². The van der Waals surface area contributed by atoms with Gasteiger partial charge in [-0.3, -0.25) is 0 Å². The molecule has 10 rings (SSSR count). The summed E-state index contributed by atoms with van der Waals surface area (Å²) >= 11 is 0. The lowest BCUT2D eigenvalue weighted by Gasteiger charge is -2.34. The number of aromatic nitrogens is 2. The van der Waals surface area contributed by atoms with Gasteiger partial charge in [-0.15, -0.1) is 0 Å². The van der Waals surface area contributed by atoms with Crippen molar-refractivity contribution >= 4 is 32.4 Å². The predicted octanol–water partition coefficient (Wildman–Crippen LogP) is 11.6. The molecule has 0 unspecified atom stereocenters. The molecule has 9 aromatic rings. The van der Waals surface area contributed by atoms with Gasteiger partial charge in [0.15, 0.2) is 5.82 Å². The van der Waals surface area contributed by atoms with E-state index < -0.39 is 5.41 Å². The van der Waals surface area contributed by atoms with Gasteiger partial charge in [0, 0.05) is 21.9 Å². The summed E-state index contributed by atoms with van der Waals surface area (Å²) in [6, 6.07) is 65.6. The van der Waals surface area contributed by atoms with E-state index in [1.54, 1.807) is 0 Å². The molecular weight excluding hydrogens is 593 g/mol. The average molecular weight is 623 g/mol. The van der Waals surface area contributed by atoms with Gasteiger partial charge < -0.3 is 0 Å². The molecule has 0 amide bonds. The Morgan fingerprint density at radius 3 is 1.78 bits per heavy atom. The molecule has 0 bridgehead atoms. The molecule has 1 aromatic heterocycles. The lowest BCUT2D eigenvalue weighted by Crippen LogP contribution is -2.28. The number of nitrogens with zero attached hydrogens (tertiary/aromatic N) is 2. The average Bonchev–Trinajstić information content (AvgIpc) is 3.50. The normalized spacial score (nSPS) is 13.1. The molecule has 0 N–H and O–H groups in total. The maximum atomic E-state index is 5.34. The van der Waals surface area contributed by atoms with Crippen molar-refractivity contribution in [3.8, 4) is 33.8 Å². The van der Waals surface area contributed by atoms with Crippen molar-refractivity contribution in [1.29, 1.82) is 0 Å². The molecule has 0 spiro atoms. The largest absolute Gasteiger partial charge is 0.227 e. The zero-order valence-electron chi connectivity index (χ0n) is 26.7. The summed E-state index contributed by atoms with van der Waals surface area (Å²) in [6.07, 6.45) is 0. The van der Waals surface area contributed by atoms with Gasteiger partial charge in [0.05, 0.1) is 16.6 Å². The highest BCUT2D eigenvalue weighted by Gasteiger charge is 2.47. The summed E-state index contributed by atoms with van der Waals surface area (Å²) in [5.41, 5.74) is 11.2. The van der Waals surface area contributed by atoms with Gasteiger partial charge in [0.2, 0.25) is 0 Å². The number of hydrogen-bond acceptors (Lipinski definition) is 2. The summed E-state index contributed by atoms with van der Waals surface area (Å²) in [5.74, 6) is 0.725. The van der Waals surface area contributed by atoms with Crippen LogP contribution in [-0.4, -0.2) is 9.97 Å². The van der Waals surface area contributed by atoms with Gasteiger partial charge in [-0.1, -0.05) is 170 Å². The molecule has 0 aliphatic heterocycles. The molecule has 0 radical (unpaired) electrons. The Hall–Kier alpha value is -6.38. The fraction of sp³-hybridized carbons (Fsp3) is 0.0213. The van der Waals surface area contributed by atoms with Crippen LogP contribution in [0.4, 0.5) is 0 Å². The zero-order chi connectivity index (χ0) is 32.4. The van der Waals surface area contributed by atoms with Crippen molar-refractivity contribution in [3.63, 3.8) is 0 Å². The molecule has 0 fully saturated rings.